The molecule has 2 aromatic carbocycles. The maximum absolute atomic E-state index is 13.6. The van der Waals surface area contributed by atoms with Crippen molar-refractivity contribution < 1.29 is 24.1 Å². The van der Waals surface area contributed by atoms with Gasteiger partial charge in [0.2, 0.25) is 5.75 Å². The van der Waals surface area contributed by atoms with Gasteiger partial charge in [0.05, 0.1) is 57.1 Å². The fourth-order valence-corrected chi connectivity index (χ4v) is 4.25. The second-order valence-corrected chi connectivity index (χ2v) is 8.05. The summed E-state index contributed by atoms with van der Waals surface area (Å²) in [6, 6.07) is 10.6. The Bertz CT molecular complexity index is 1430. The first-order valence-corrected chi connectivity index (χ1v) is 10.8. The van der Waals surface area contributed by atoms with Crippen molar-refractivity contribution in [2.75, 3.05) is 28.4 Å². The summed E-state index contributed by atoms with van der Waals surface area (Å²) in [6.45, 7) is 0. The van der Waals surface area contributed by atoms with E-state index >= 15 is 0 Å². The average Bonchev–Trinajstić information content (AvgIpc) is 3.65. The molecule has 1 N–H and O–H groups in total. The highest BCUT2D eigenvalue weighted by atomic mass is 16.5. The highest BCUT2D eigenvalue weighted by Crippen LogP contribution is 2.41. The van der Waals surface area contributed by atoms with Gasteiger partial charge in [0.15, 0.2) is 23.0 Å². The van der Waals surface area contributed by atoms with Gasteiger partial charge in [-0.2, -0.15) is 0 Å². The van der Waals surface area contributed by atoms with Crippen molar-refractivity contribution in [1.29, 1.82) is 0 Å². The number of aromatic nitrogens is 3. The molecule has 1 saturated carbocycles. The van der Waals surface area contributed by atoms with Crippen LogP contribution in [0.2, 0.25) is 0 Å². The first-order valence-electron chi connectivity index (χ1n) is 10.8. The first kappa shape index (κ1) is 21.7. The number of hydrogen-bond acceptors (Lipinski definition) is 7. The van der Waals surface area contributed by atoms with Gasteiger partial charge in [0.25, 0.3) is 0 Å². The summed E-state index contributed by atoms with van der Waals surface area (Å²) in [6.07, 6.45) is 3.60. The topological polar surface area (TPSA) is 97.0 Å². The van der Waals surface area contributed by atoms with Crippen molar-refractivity contribution in [1.82, 2.24) is 14.1 Å². The molecule has 0 unspecified atom stereocenters. The number of nitrogens with zero attached hydrogens (tertiary/aromatic N) is 3. The molecule has 4 aromatic rings. The van der Waals surface area contributed by atoms with E-state index in [0.29, 0.717) is 45.5 Å². The number of aromatic hydroxyl groups is 1. The number of pyridine rings is 1. The molecule has 0 radical (unpaired) electrons. The average molecular weight is 463 g/mol. The summed E-state index contributed by atoms with van der Waals surface area (Å²) in [5, 5.41) is 10.2. The lowest BCUT2D eigenvalue weighted by Crippen LogP contribution is -2.22. The fraction of sp³-hybridized carbons (Fsp3) is 0.280. The number of methoxy groups -OCH3 is 4. The Kier molecular flexibility index (Phi) is 5.31. The van der Waals surface area contributed by atoms with Gasteiger partial charge in [-0.05, 0) is 37.1 Å². The Morgan fingerprint density at radius 3 is 2.12 bits per heavy atom. The molecular weight excluding hydrogens is 438 g/mol. The molecule has 0 amide bonds. The largest absolute Gasteiger partial charge is 0.504 e. The van der Waals surface area contributed by atoms with E-state index in [2.05, 4.69) is 4.98 Å². The van der Waals surface area contributed by atoms with Crippen LogP contribution in [0.5, 0.6) is 28.7 Å². The third-order valence-corrected chi connectivity index (χ3v) is 6.05. The Labute approximate surface area is 195 Å². The summed E-state index contributed by atoms with van der Waals surface area (Å²) >= 11 is 0. The number of ether oxygens (including phenoxy) is 4. The standard InChI is InChI=1S/C25H25N3O6/c1-31-21-8-5-14(9-20(21)29)17-12-18-19(13-26-17)27(15-6-7-15)25(30)28(18)16-10-22(32-2)24(34-4)23(11-16)33-3/h5,8-13,15,29H,6-7H2,1-4H3. The van der Waals surface area contributed by atoms with Gasteiger partial charge in [-0.1, -0.05) is 0 Å². The van der Waals surface area contributed by atoms with Crippen LogP contribution in [-0.2, 0) is 0 Å². The lowest BCUT2D eigenvalue weighted by molar-refractivity contribution is 0.324. The predicted octanol–water partition coefficient (Wildman–Crippen LogP) is 3.93. The second kappa shape index (κ2) is 8.33. The molecule has 1 aliphatic rings. The lowest BCUT2D eigenvalue weighted by Gasteiger charge is -2.14. The SMILES string of the molecule is COc1ccc(-c2cc3c(cn2)n(C2CC2)c(=O)n3-c2cc(OC)c(OC)c(OC)c2)cc1O. The van der Waals surface area contributed by atoms with Crippen molar-refractivity contribution in [3.05, 3.63) is 53.1 Å². The van der Waals surface area contributed by atoms with Crippen molar-refractivity contribution in [3.63, 3.8) is 0 Å². The summed E-state index contributed by atoms with van der Waals surface area (Å²) in [5.74, 6) is 1.73. The zero-order valence-corrected chi connectivity index (χ0v) is 19.4. The van der Waals surface area contributed by atoms with Gasteiger partial charge in [0, 0.05) is 23.7 Å². The lowest BCUT2D eigenvalue weighted by atomic mass is 10.1. The highest BCUT2D eigenvalue weighted by Gasteiger charge is 2.30. The number of imidazole rings is 1. The van der Waals surface area contributed by atoms with E-state index in [9.17, 15) is 9.90 Å². The summed E-state index contributed by atoms with van der Waals surface area (Å²) in [4.78, 5) is 18.2. The molecule has 9 heteroatoms. The third kappa shape index (κ3) is 3.40. The smallest absolute Gasteiger partial charge is 0.334 e. The zero-order chi connectivity index (χ0) is 24.0. The van der Waals surface area contributed by atoms with E-state index in [1.54, 1.807) is 39.6 Å². The molecule has 0 aliphatic heterocycles. The Morgan fingerprint density at radius 1 is 0.882 bits per heavy atom. The quantitative estimate of drug-likeness (QED) is 0.444. The minimum Gasteiger partial charge on any atom is -0.504 e. The Morgan fingerprint density at radius 2 is 1.56 bits per heavy atom. The molecule has 9 nitrogen and oxygen atoms in total. The van der Waals surface area contributed by atoms with Gasteiger partial charge in [-0.3, -0.25) is 14.1 Å². The third-order valence-electron chi connectivity index (χ3n) is 6.05. The van der Waals surface area contributed by atoms with E-state index in [0.717, 1.165) is 18.4 Å². The molecule has 2 aromatic heterocycles. The molecule has 0 spiro atoms. The van der Waals surface area contributed by atoms with Crippen LogP contribution in [0.1, 0.15) is 18.9 Å². The first-order chi connectivity index (χ1) is 16.5. The number of hydrogen-bond donors (Lipinski definition) is 1. The molecule has 34 heavy (non-hydrogen) atoms. The van der Waals surface area contributed by atoms with Crippen LogP contribution in [0.15, 0.2) is 47.4 Å². The van der Waals surface area contributed by atoms with E-state index in [-0.39, 0.29) is 17.5 Å². The number of fused-ring (bicyclic) bond motifs is 1. The predicted molar refractivity (Wildman–Crippen MR) is 127 cm³/mol. The van der Waals surface area contributed by atoms with Gasteiger partial charge in [-0.15, -0.1) is 0 Å². The van der Waals surface area contributed by atoms with E-state index in [4.69, 9.17) is 18.9 Å². The molecule has 0 saturated heterocycles. The molecule has 2 heterocycles. The van der Waals surface area contributed by atoms with Gasteiger partial charge in [0.1, 0.15) is 0 Å². The van der Waals surface area contributed by atoms with Crippen LogP contribution in [-0.4, -0.2) is 47.7 Å². The van der Waals surface area contributed by atoms with Crippen LogP contribution in [0.3, 0.4) is 0 Å². The van der Waals surface area contributed by atoms with Crippen LogP contribution in [0.4, 0.5) is 0 Å². The number of phenols is 1. The molecule has 176 valence electrons. The zero-order valence-electron chi connectivity index (χ0n) is 19.4. The van der Waals surface area contributed by atoms with Crippen LogP contribution in [0.25, 0.3) is 28.0 Å². The maximum Gasteiger partial charge on any atom is 0.334 e. The molecule has 0 bridgehead atoms. The highest BCUT2D eigenvalue weighted by molar-refractivity contribution is 5.83. The van der Waals surface area contributed by atoms with Crippen LogP contribution >= 0.6 is 0 Å². The van der Waals surface area contributed by atoms with Crippen LogP contribution < -0.4 is 24.6 Å². The summed E-state index contributed by atoms with van der Waals surface area (Å²) in [7, 11) is 6.11. The molecular formula is C25H25N3O6. The molecule has 0 atom stereocenters. The molecule has 1 fully saturated rings. The van der Waals surface area contributed by atoms with Gasteiger partial charge >= 0.3 is 5.69 Å². The van der Waals surface area contributed by atoms with Crippen molar-refractivity contribution in [2.45, 2.75) is 18.9 Å². The number of benzene rings is 2. The van der Waals surface area contributed by atoms with E-state index in [1.807, 2.05) is 12.1 Å². The summed E-state index contributed by atoms with van der Waals surface area (Å²) in [5.41, 5.74) is 3.15. The monoisotopic (exact) mass is 463 g/mol. The summed E-state index contributed by atoms with van der Waals surface area (Å²) < 4.78 is 25.0. The molecule has 5 rings (SSSR count). The second-order valence-electron chi connectivity index (χ2n) is 8.05. The normalized spacial score (nSPS) is 13.2. The minimum atomic E-state index is -0.164. The van der Waals surface area contributed by atoms with Crippen molar-refractivity contribution in [2.24, 2.45) is 0 Å². The number of rotatable bonds is 7. The molecule has 1 aliphatic carbocycles. The van der Waals surface area contributed by atoms with Crippen molar-refractivity contribution >= 4 is 11.0 Å². The van der Waals surface area contributed by atoms with Crippen molar-refractivity contribution in [3.8, 4) is 45.7 Å². The maximum atomic E-state index is 13.6. The van der Waals surface area contributed by atoms with Gasteiger partial charge < -0.3 is 24.1 Å². The number of phenolic OH excluding ortho intramolecular Hbond substituents is 1. The van der Waals surface area contributed by atoms with E-state index < -0.39 is 0 Å². The minimum absolute atomic E-state index is 0.0134. The Hall–Kier alpha value is -4.14. The van der Waals surface area contributed by atoms with E-state index in [1.165, 1.54) is 28.4 Å². The Balaban J connectivity index is 1.76. The fourth-order valence-electron chi connectivity index (χ4n) is 4.25. The van der Waals surface area contributed by atoms with Crippen LogP contribution in [0, 0.1) is 0 Å². The van der Waals surface area contributed by atoms with Gasteiger partial charge in [-0.25, -0.2) is 4.79 Å².